The Balaban J connectivity index is 0.000000405. The van der Waals surface area contributed by atoms with Gasteiger partial charge in [0, 0.05) is 28.7 Å². The van der Waals surface area contributed by atoms with Gasteiger partial charge in [-0.1, -0.05) is 36.7 Å². The van der Waals surface area contributed by atoms with E-state index in [0.717, 1.165) is 11.4 Å². The fraction of sp³-hybridized carbons (Fsp3) is 0.556. The smallest absolute Gasteiger partial charge is 0.356 e. The molecule has 0 unspecified atom stereocenters. The molecule has 0 aliphatic heterocycles. The third kappa shape index (κ3) is 8.94. The average molecular weight is 429 g/mol. The van der Waals surface area contributed by atoms with Gasteiger partial charge in [-0.05, 0) is 39.8 Å². The van der Waals surface area contributed by atoms with Crippen LogP contribution in [0.15, 0.2) is 12.1 Å². The first-order chi connectivity index (χ1) is 12.0. The van der Waals surface area contributed by atoms with Gasteiger partial charge in [-0.2, -0.15) is 10.2 Å². The molecule has 7 nitrogen and oxygen atoms in total. The van der Waals surface area contributed by atoms with Gasteiger partial charge < -0.3 is 5.11 Å². The summed E-state index contributed by atoms with van der Waals surface area (Å²) in [4.78, 5) is 22.1. The van der Waals surface area contributed by atoms with Crippen molar-refractivity contribution in [2.45, 2.75) is 65.8 Å². The minimum atomic E-state index is -0.975. The molecule has 0 fully saturated rings. The molecule has 26 heavy (non-hydrogen) atoms. The van der Waals surface area contributed by atoms with Crippen LogP contribution in [0.4, 0.5) is 0 Å². The number of carboxylic acid groups (broad SMARTS) is 1. The van der Waals surface area contributed by atoms with Crippen LogP contribution in [0.3, 0.4) is 0 Å². The number of ketones is 1. The molecule has 2 aromatic rings. The van der Waals surface area contributed by atoms with E-state index in [1.165, 1.54) is 0 Å². The summed E-state index contributed by atoms with van der Waals surface area (Å²) in [6.45, 7) is 13.6. The highest BCUT2D eigenvalue weighted by molar-refractivity contribution is 9.09. The Bertz CT molecular complexity index is 702. The first kappa shape index (κ1) is 24.0. The highest BCUT2D eigenvalue weighted by atomic mass is 79.9. The first-order valence-electron chi connectivity index (χ1n) is 8.48. The van der Waals surface area contributed by atoms with Crippen LogP contribution in [0.2, 0.25) is 0 Å². The summed E-state index contributed by atoms with van der Waals surface area (Å²) in [5.41, 5.74) is 2.46. The number of carboxylic acids is 1. The number of carbonyl (C=O) groups is 2. The predicted octanol–water partition coefficient (Wildman–Crippen LogP) is 4.57. The van der Waals surface area contributed by atoms with Crippen molar-refractivity contribution in [2.75, 3.05) is 0 Å². The van der Waals surface area contributed by atoms with Crippen molar-refractivity contribution >= 4 is 27.7 Å². The first-order valence-corrected chi connectivity index (χ1v) is 9.39. The number of aromatic nitrogens is 4. The maximum Gasteiger partial charge on any atom is 0.356 e. The quantitative estimate of drug-likeness (QED) is 0.548. The fourth-order valence-electron chi connectivity index (χ4n) is 1.86. The number of H-pyrrole nitrogens is 1. The largest absolute Gasteiger partial charge is 0.476 e. The summed E-state index contributed by atoms with van der Waals surface area (Å²) in [7, 11) is 0. The monoisotopic (exact) mass is 428 g/mol. The summed E-state index contributed by atoms with van der Waals surface area (Å²) < 4.78 is 1.70. The number of aryl methyl sites for hydroxylation is 2. The molecule has 2 N–H and O–H groups in total. The van der Waals surface area contributed by atoms with Gasteiger partial charge in [-0.15, -0.1) is 0 Å². The summed E-state index contributed by atoms with van der Waals surface area (Å²) >= 11 is 3.27. The maximum atomic E-state index is 10.9. The minimum Gasteiger partial charge on any atom is -0.476 e. The molecule has 0 saturated carbocycles. The lowest BCUT2D eigenvalue weighted by Gasteiger charge is -2.06. The van der Waals surface area contributed by atoms with Crippen LogP contribution in [0.5, 0.6) is 0 Å². The molecule has 0 aliphatic carbocycles. The molecular formula is C18H29BrN4O3. The number of aromatic amines is 1. The Labute approximate surface area is 163 Å². The molecule has 8 heteroatoms. The van der Waals surface area contributed by atoms with Crippen LogP contribution in [-0.2, 0) is 0 Å². The number of alkyl halides is 1. The number of halogens is 1. The Morgan fingerprint density at radius 1 is 1.19 bits per heavy atom. The van der Waals surface area contributed by atoms with Crippen LogP contribution < -0.4 is 0 Å². The van der Waals surface area contributed by atoms with Gasteiger partial charge in [0.2, 0.25) is 0 Å². The molecule has 146 valence electrons. The number of hydrogen-bond donors (Lipinski definition) is 2. The second-order valence-corrected chi connectivity index (χ2v) is 8.07. The van der Waals surface area contributed by atoms with Gasteiger partial charge in [0.1, 0.15) is 5.69 Å². The SMILES string of the molecule is CC(C)Br.CCC(=O)c1cc(C)[nH]n1.Cc1cc(C(=O)O)nn1C(C)C. The second-order valence-electron chi connectivity index (χ2n) is 6.24. The van der Waals surface area contributed by atoms with Crippen molar-refractivity contribution in [1.29, 1.82) is 0 Å². The molecule has 0 aliphatic rings. The van der Waals surface area contributed by atoms with E-state index in [1.807, 2.05) is 34.6 Å². The molecule has 2 heterocycles. The highest BCUT2D eigenvalue weighted by Crippen LogP contribution is 2.09. The van der Waals surface area contributed by atoms with Crippen LogP contribution in [0.1, 0.15) is 79.4 Å². The van der Waals surface area contributed by atoms with Gasteiger partial charge in [-0.3, -0.25) is 14.6 Å². The third-order valence-electron chi connectivity index (χ3n) is 2.94. The van der Waals surface area contributed by atoms with Crippen LogP contribution in [0, 0.1) is 13.8 Å². The minimum absolute atomic E-state index is 0.0874. The predicted molar refractivity (Wildman–Crippen MR) is 106 cm³/mol. The van der Waals surface area contributed by atoms with E-state index in [9.17, 15) is 9.59 Å². The zero-order chi connectivity index (χ0) is 20.4. The number of nitrogens with one attached hydrogen (secondary N) is 1. The third-order valence-corrected chi connectivity index (χ3v) is 2.94. The van der Waals surface area contributed by atoms with Gasteiger partial charge in [0.15, 0.2) is 11.5 Å². The molecule has 0 amide bonds. The zero-order valence-corrected chi connectivity index (χ0v) is 18.1. The van der Waals surface area contributed by atoms with Gasteiger partial charge in [-0.25, -0.2) is 4.79 Å². The highest BCUT2D eigenvalue weighted by Gasteiger charge is 2.11. The van der Waals surface area contributed by atoms with E-state index in [-0.39, 0.29) is 17.5 Å². The lowest BCUT2D eigenvalue weighted by molar-refractivity contribution is 0.0689. The Morgan fingerprint density at radius 3 is 2.00 bits per heavy atom. The van der Waals surface area contributed by atoms with Crippen molar-refractivity contribution in [3.8, 4) is 0 Å². The van der Waals surface area contributed by atoms with Crippen molar-refractivity contribution in [3.63, 3.8) is 0 Å². The summed E-state index contributed by atoms with van der Waals surface area (Å²) in [5.74, 6) is -0.887. The molecular weight excluding hydrogens is 400 g/mol. The molecule has 2 rings (SSSR count). The van der Waals surface area contributed by atoms with Crippen LogP contribution in [0.25, 0.3) is 0 Å². The van der Waals surface area contributed by atoms with E-state index < -0.39 is 5.97 Å². The Kier molecular flexibility index (Phi) is 10.7. The summed E-state index contributed by atoms with van der Waals surface area (Å²) in [6.07, 6.45) is 0.518. The lowest BCUT2D eigenvalue weighted by atomic mass is 10.2. The van der Waals surface area contributed by atoms with Crippen molar-refractivity contribution < 1.29 is 14.7 Å². The standard InChI is InChI=1S/C8H12N2O2.C7H10N2O.C3H7Br/c1-5(2)10-6(3)4-7(9-10)8(11)12;1-3-7(10)6-4-5(2)8-9-6;1-3(2)4/h4-5H,1-3H3,(H,11,12);4H,3H2,1-2H3,(H,8,9);3H,1-2H3. The number of nitrogens with zero attached hydrogens (tertiary/aromatic N) is 3. The maximum absolute atomic E-state index is 10.9. The molecule has 0 aromatic carbocycles. The summed E-state index contributed by atoms with van der Waals surface area (Å²) in [6, 6.07) is 3.53. The number of Topliss-reactive ketones (excluding diaryl/α,β-unsaturated/α-hetero) is 1. The molecule has 0 atom stereocenters. The van der Waals surface area contributed by atoms with Crippen molar-refractivity contribution in [1.82, 2.24) is 20.0 Å². The molecule has 0 radical (unpaired) electrons. The van der Waals surface area contributed by atoms with Crippen LogP contribution in [-0.4, -0.2) is 41.7 Å². The average Bonchev–Trinajstić information content (AvgIpc) is 3.12. The fourth-order valence-corrected chi connectivity index (χ4v) is 1.86. The number of carbonyl (C=O) groups excluding carboxylic acids is 1. The van der Waals surface area contributed by atoms with Gasteiger partial charge >= 0.3 is 5.97 Å². The lowest BCUT2D eigenvalue weighted by Crippen LogP contribution is -2.06. The van der Waals surface area contributed by atoms with E-state index in [1.54, 1.807) is 16.8 Å². The van der Waals surface area contributed by atoms with E-state index >= 15 is 0 Å². The number of aromatic carboxylic acids is 1. The zero-order valence-electron chi connectivity index (χ0n) is 16.5. The Hall–Kier alpha value is -1.96. The van der Waals surface area contributed by atoms with Crippen molar-refractivity contribution in [2.24, 2.45) is 0 Å². The topological polar surface area (TPSA) is 101 Å². The summed E-state index contributed by atoms with van der Waals surface area (Å²) in [5, 5.41) is 19.1. The van der Waals surface area contributed by atoms with E-state index in [0.29, 0.717) is 16.9 Å². The van der Waals surface area contributed by atoms with Gasteiger partial charge in [0.05, 0.1) is 0 Å². The molecule has 0 bridgehead atoms. The molecule has 0 saturated heterocycles. The number of hydrogen-bond acceptors (Lipinski definition) is 4. The normalized spacial score (nSPS) is 10.1. The van der Waals surface area contributed by atoms with Crippen LogP contribution >= 0.6 is 15.9 Å². The van der Waals surface area contributed by atoms with Gasteiger partial charge in [0.25, 0.3) is 0 Å². The number of rotatable bonds is 4. The molecule has 0 spiro atoms. The molecule has 2 aromatic heterocycles. The van der Waals surface area contributed by atoms with E-state index in [4.69, 9.17) is 5.11 Å². The van der Waals surface area contributed by atoms with Crippen molar-refractivity contribution in [3.05, 3.63) is 34.9 Å². The van der Waals surface area contributed by atoms with E-state index in [2.05, 4.69) is 45.1 Å². The Morgan fingerprint density at radius 2 is 1.73 bits per heavy atom. The second kappa shape index (κ2) is 11.6.